The van der Waals surface area contributed by atoms with Crippen LogP contribution in [0.5, 0.6) is 0 Å². The monoisotopic (exact) mass is 240 g/mol. The van der Waals surface area contributed by atoms with Gasteiger partial charge < -0.3 is 15.4 Å². The Labute approximate surface area is 106 Å². The predicted octanol–water partition coefficient (Wildman–Crippen LogP) is 2.06. The van der Waals surface area contributed by atoms with Gasteiger partial charge in [0, 0.05) is 24.7 Å². The van der Waals surface area contributed by atoms with Crippen molar-refractivity contribution in [3.63, 3.8) is 0 Å². The number of hydrogen-bond acceptors (Lipinski definition) is 3. The van der Waals surface area contributed by atoms with Gasteiger partial charge >= 0.3 is 0 Å². The second-order valence-corrected chi connectivity index (χ2v) is 5.77. The first kappa shape index (κ1) is 13.3. The van der Waals surface area contributed by atoms with Crippen molar-refractivity contribution >= 4 is 0 Å². The normalized spacial score (nSPS) is 36.7. The molecule has 0 aromatic heterocycles. The van der Waals surface area contributed by atoms with Gasteiger partial charge in [0.25, 0.3) is 0 Å². The SMILES string of the molecule is CC(CC1CCCCCN1)NC1CCOC1C. The summed E-state index contributed by atoms with van der Waals surface area (Å²) in [5, 5.41) is 7.41. The van der Waals surface area contributed by atoms with Gasteiger partial charge in [-0.1, -0.05) is 12.8 Å². The Morgan fingerprint density at radius 2 is 2.18 bits per heavy atom. The number of hydrogen-bond donors (Lipinski definition) is 2. The average molecular weight is 240 g/mol. The highest BCUT2D eigenvalue weighted by Crippen LogP contribution is 2.16. The molecule has 2 rings (SSSR count). The van der Waals surface area contributed by atoms with Gasteiger partial charge in [0.1, 0.15) is 0 Å². The minimum Gasteiger partial charge on any atom is -0.377 e. The lowest BCUT2D eigenvalue weighted by Crippen LogP contribution is -2.44. The molecule has 0 aromatic carbocycles. The van der Waals surface area contributed by atoms with Crippen molar-refractivity contribution in [3.8, 4) is 0 Å². The maximum Gasteiger partial charge on any atom is 0.0700 e. The molecule has 0 radical (unpaired) electrons. The molecule has 17 heavy (non-hydrogen) atoms. The van der Waals surface area contributed by atoms with Crippen LogP contribution in [-0.4, -0.2) is 37.4 Å². The summed E-state index contributed by atoms with van der Waals surface area (Å²) < 4.78 is 5.60. The predicted molar refractivity (Wildman–Crippen MR) is 71.3 cm³/mol. The first-order valence-corrected chi connectivity index (χ1v) is 7.36. The highest BCUT2D eigenvalue weighted by Gasteiger charge is 2.26. The molecule has 100 valence electrons. The van der Waals surface area contributed by atoms with E-state index >= 15 is 0 Å². The van der Waals surface area contributed by atoms with Crippen molar-refractivity contribution < 1.29 is 4.74 Å². The molecule has 2 aliphatic rings. The summed E-state index contributed by atoms with van der Waals surface area (Å²) in [6.45, 7) is 6.63. The zero-order chi connectivity index (χ0) is 12.1. The van der Waals surface area contributed by atoms with Crippen molar-refractivity contribution in [3.05, 3.63) is 0 Å². The molecule has 2 fully saturated rings. The summed E-state index contributed by atoms with van der Waals surface area (Å²) in [6.07, 6.45) is 8.31. The second-order valence-electron chi connectivity index (χ2n) is 5.77. The summed E-state index contributed by atoms with van der Waals surface area (Å²) in [6, 6.07) is 1.88. The van der Waals surface area contributed by atoms with Crippen LogP contribution in [0, 0.1) is 0 Å². The van der Waals surface area contributed by atoms with Crippen LogP contribution in [0.4, 0.5) is 0 Å². The van der Waals surface area contributed by atoms with Crippen LogP contribution in [0.3, 0.4) is 0 Å². The summed E-state index contributed by atoms with van der Waals surface area (Å²) in [5.41, 5.74) is 0. The highest BCUT2D eigenvalue weighted by molar-refractivity contribution is 4.84. The van der Waals surface area contributed by atoms with Crippen LogP contribution in [0.25, 0.3) is 0 Å². The molecular formula is C14H28N2O. The van der Waals surface area contributed by atoms with Crippen molar-refractivity contribution in [2.45, 2.75) is 76.6 Å². The molecule has 3 heteroatoms. The van der Waals surface area contributed by atoms with Crippen molar-refractivity contribution in [2.75, 3.05) is 13.2 Å². The second kappa shape index (κ2) is 6.72. The molecule has 3 nitrogen and oxygen atoms in total. The summed E-state index contributed by atoms with van der Waals surface area (Å²) in [5.74, 6) is 0. The lowest BCUT2D eigenvalue weighted by Gasteiger charge is -2.25. The molecular weight excluding hydrogens is 212 g/mol. The Morgan fingerprint density at radius 1 is 1.29 bits per heavy atom. The van der Waals surface area contributed by atoms with Gasteiger partial charge in [0.05, 0.1) is 6.10 Å². The van der Waals surface area contributed by atoms with Crippen LogP contribution in [0.2, 0.25) is 0 Å². The highest BCUT2D eigenvalue weighted by atomic mass is 16.5. The van der Waals surface area contributed by atoms with E-state index in [0.29, 0.717) is 18.2 Å². The molecule has 2 aliphatic heterocycles. The maximum atomic E-state index is 5.60. The minimum atomic E-state index is 0.388. The van der Waals surface area contributed by atoms with Crippen LogP contribution in [0.15, 0.2) is 0 Å². The molecule has 2 heterocycles. The van der Waals surface area contributed by atoms with Crippen LogP contribution < -0.4 is 10.6 Å². The molecule has 0 spiro atoms. The van der Waals surface area contributed by atoms with E-state index in [9.17, 15) is 0 Å². The number of nitrogens with one attached hydrogen (secondary N) is 2. The first-order chi connectivity index (χ1) is 8.25. The van der Waals surface area contributed by atoms with Crippen LogP contribution >= 0.6 is 0 Å². The fraction of sp³-hybridized carbons (Fsp3) is 1.00. The Morgan fingerprint density at radius 3 is 2.94 bits per heavy atom. The fourth-order valence-corrected chi connectivity index (χ4v) is 3.11. The molecule has 2 N–H and O–H groups in total. The van der Waals surface area contributed by atoms with Gasteiger partial charge in [0.15, 0.2) is 0 Å². The van der Waals surface area contributed by atoms with Crippen molar-refractivity contribution in [1.82, 2.24) is 10.6 Å². The third-order valence-electron chi connectivity index (χ3n) is 4.18. The van der Waals surface area contributed by atoms with Crippen LogP contribution in [-0.2, 0) is 4.74 Å². The largest absolute Gasteiger partial charge is 0.377 e. The summed E-state index contributed by atoms with van der Waals surface area (Å²) in [4.78, 5) is 0. The van der Waals surface area contributed by atoms with E-state index in [0.717, 1.165) is 12.6 Å². The lowest BCUT2D eigenvalue weighted by atomic mass is 10.0. The molecule has 4 atom stereocenters. The Hall–Kier alpha value is -0.120. The van der Waals surface area contributed by atoms with E-state index in [2.05, 4.69) is 24.5 Å². The molecule has 2 saturated heterocycles. The molecule has 4 unspecified atom stereocenters. The molecule has 0 aromatic rings. The first-order valence-electron chi connectivity index (χ1n) is 7.36. The van der Waals surface area contributed by atoms with Crippen LogP contribution in [0.1, 0.15) is 52.4 Å². The van der Waals surface area contributed by atoms with E-state index in [1.54, 1.807) is 0 Å². The van der Waals surface area contributed by atoms with Crippen molar-refractivity contribution in [2.24, 2.45) is 0 Å². The molecule has 0 amide bonds. The van der Waals surface area contributed by atoms with Gasteiger partial charge in [-0.25, -0.2) is 0 Å². The number of rotatable bonds is 4. The van der Waals surface area contributed by atoms with Gasteiger partial charge in [-0.05, 0) is 46.1 Å². The van der Waals surface area contributed by atoms with Crippen molar-refractivity contribution in [1.29, 1.82) is 0 Å². The van der Waals surface area contributed by atoms with E-state index < -0.39 is 0 Å². The topological polar surface area (TPSA) is 33.3 Å². The third kappa shape index (κ3) is 4.23. The molecule has 0 aliphatic carbocycles. The van der Waals surface area contributed by atoms with Gasteiger partial charge in [-0.3, -0.25) is 0 Å². The number of ether oxygens (including phenoxy) is 1. The molecule has 0 bridgehead atoms. The zero-order valence-electron chi connectivity index (χ0n) is 11.4. The smallest absolute Gasteiger partial charge is 0.0700 e. The van der Waals surface area contributed by atoms with E-state index in [-0.39, 0.29) is 0 Å². The van der Waals surface area contributed by atoms with Gasteiger partial charge in [-0.15, -0.1) is 0 Å². The molecule has 0 saturated carbocycles. The Balaban J connectivity index is 1.70. The quantitative estimate of drug-likeness (QED) is 0.789. The minimum absolute atomic E-state index is 0.388. The summed E-state index contributed by atoms with van der Waals surface area (Å²) >= 11 is 0. The summed E-state index contributed by atoms with van der Waals surface area (Å²) in [7, 11) is 0. The third-order valence-corrected chi connectivity index (χ3v) is 4.18. The van der Waals surface area contributed by atoms with E-state index in [4.69, 9.17) is 4.74 Å². The standard InChI is InChI=1S/C14H28N2O/c1-11(16-14-7-9-17-12(14)2)10-13-6-4-3-5-8-15-13/h11-16H,3-10H2,1-2H3. The Bertz CT molecular complexity index is 214. The average Bonchev–Trinajstić information content (AvgIpc) is 2.55. The maximum absolute atomic E-state index is 5.60. The van der Waals surface area contributed by atoms with Gasteiger partial charge in [0.2, 0.25) is 0 Å². The zero-order valence-corrected chi connectivity index (χ0v) is 11.4. The lowest BCUT2D eigenvalue weighted by molar-refractivity contribution is 0.110. The van der Waals surface area contributed by atoms with E-state index in [1.165, 1.54) is 45.1 Å². The van der Waals surface area contributed by atoms with E-state index in [1.807, 2.05) is 0 Å². The fourth-order valence-electron chi connectivity index (χ4n) is 3.11. The Kier molecular flexibility index (Phi) is 5.26. The van der Waals surface area contributed by atoms with Gasteiger partial charge in [-0.2, -0.15) is 0 Å².